The van der Waals surface area contributed by atoms with Crippen LogP contribution in [-0.2, 0) is 26.3 Å². The molecule has 5 N–H and O–H groups in total. The monoisotopic (exact) mass is 594 g/mol. The molecule has 5 atom stereocenters. The predicted octanol–water partition coefficient (Wildman–Crippen LogP) is 2.40. The van der Waals surface area contributed by atoms with Crippen molar-refractivity contribution in [3.8, 4) is 0 Å². The Balaban J connectivity index is 1.89. The number of thioether (sulfide) groups is 1. The number of hydrogen-bond acceptors (Lipinski definition) is 7. The Morgan fingerprint density at radius 3 is 2.57 bits per heavy atom. The first-order valence-electron chi connectivity index (χ1n) is 11.8. The van der Waals surface area contributed by atoms with E-state index >= 15 is 0 Å². The van der Waals surface area contributed by atoms with Gasteiger partial charge in [0.15, 0.2) is 0 Å². The zero-order valence-corrected chi connectivity index (χ0v) is 23.9. The number of carbonyl (C=O) groups is 2. The molecule has 14 heteroatoms. The molecule has 10 nitrogen and oxygen atoms in total. The third kappa shape index (κ3) is 7.39. The Labute approximate surface area is 231 Å². The van der Waals surface area contributed by atoms with Crippen molar-refractivity contribution < 1.29 is 28.2 Å². The molecule has 1 aromatic carbocycles. The maximum Gasteiger partial charge on any atom is 0.353 e. The van der Waals surface area contributed by atoms with E-state index in [0.29, 0.717) is 34.5 Å². The van der Waals surface area contributed by atoms with E-state index in [-0.39, 0.29) is 35.9 Å². The number of carboxylic acids is 1. The second-order valence-corrected chi connectivity index (χ2v) is 13.0. The van der Waals surface area contributed by atoms with Crippen molar-refractivity contribution in [3.05, 3.63) is 44.4 Å². The van der Waals surface area contributed by atoms with Crippen LogP contribution in [0.1, 0.15) is 39.2 Å². The molecule has 37 heavy (non-hydrogen) atoms. The smallest absolute Gasteiger partial charge is 0.353 e. The number of hydrogen-bond donors (Lipinski definition) is 4. The normalized spacial score (nSPS) is 25.6. The largest absolute Gasteiger partial charge is 0.477 e. The van der Waals surface area contributed by atoms with Gasteiger partial charge in [-0.15, -0.1) is 11.8 Å². The van der Waals surface area contributed by atoms with Gasteiger partial charge in [0.05, 0.1) is 16.1 Å². The third-order valence-corrected chi connectivity index (χ3v) is 9.55. The van der Waals surface area contributed by atoms with Gasteiger partial charge in [0, 0.05) is 54.7 Å². The average molecular weight is 596 g/mol. The zero-order valence-electron chi connectivity index (χ0n) is 20.7. The van der Waals surface area contributed by atoms with Gasteiger partial charge >= 0.3 is 5.97 Å². The lowest BCUT2D eigenvalue weighted by Crippen LogP contribution is -2.42. The van der Waals surface area contributed by atoms with Gasteiger partial charge in [0.1, 0.15) is 5.70 Å². The molecule has 0 spiro atoms. The number of nitrogens with one attached hydrogen (secondary N) is 1. The van der Waals surface area contributed by atoms with E-state index in [1.807, 2.05) is 13.0 Å². The standard InChI is InChI=1S/C23H32Cl2N4O6S2/c1-12(30)7-19-13(2)22(21(23(32)33)29(19)14(3)31)36-17-8-16(9-27-37(26,34)35)28(11-17)10-15-5-4-6-18(24)20(15)25/h4-6,12-13,16-17,19,27,30H,7-11H2,1-3H3,(H,32,33)(H2,26,34,35)/t12-,13-,16+,17+,19+/m1/s1. The number of carbonyl (C=O) groups excluding carboxylic acids is 1. The molecular formula is C23H32Cl2N4O6S2. The average Bonchev–Trinajstić information content (AvgIpc) is 3.28. The van der Waals surface area contributed by atoms with E-state index in [1.54, 1.807) is 19.1 Å². The molecule has 0 bridgehead atoms. The predicted molar refractivity (Wildman–Crippen MR) is 144 cm³/mol. The molecule has 1 saturated heterocycles. The lowest BCUT2D eigenvalue weighted by molar-refractivity contribution is -0.140. The van der Waals surface area contributed by atoms with Crippen LogP contribution in [0, 0.1) is 5.92 Å². The quantitative estimate of drug-likeness (QED) is 0.322. The molecule has 0 aromatic heterocycles. The van der Waals surface area contributed by atoms with Crippen LogP contribution in [-0.4, -0.2) is 76.8 Å². The fraction of sp³-hybridized carbons (Fsp3) is 0.565. The second kappa shape index (κ2) is 12.2. The Morgan fingerprint density at radius 1 is 1.32 bits per heavy atom. The summed E-state index contributed by atoms with van der Waals surface area (Å²) < 4.78 is 25.5. The van der Waals surface area contributed by atoms with Crippen molar-refractivity contribution in [1.29, 1.82) is 0 Å². The first-order valence-corrected chi connectivity index (χ1v) is 14.9. The van der Waals surface area contributed by atoms with Crippen molar-refractivity contribution in [2.24, 2.45) is 11.1 Å². The van der Waals surface area contributed by atoms with Crippen LogP contribution in [0.2, 0.25) is 10.0 Å². The summed E-state index contributed by atoms with van der Waals surface area (Å²) >= 11 is 14.0. The van der Waals surface area contributed by atoms with Crippen LogP contribution in [0.3, 0.4) is 0 Å². The summed E-state index contributed by atoms with van der Waals surface area (Å²) in [5.74, 6) is -1.90. The van der Waals surface area contributed by atoms with E-state index in [9.17, 15) is 28.2 Å². The number of aliphatic hydroxyl groups is 1. The van der Waals surface area contributed by atoms with Crippen LogP contribution >= 0.6 is 35.0 Å². The summed E-state index contributed by atoms with van der Waals surface area (Å²) in [6, 6.07) is 4.59. The van der Waals surface area contributed by atoms with Crippen LogP contribution in [0.25, 0.3) is 0 Å². The van der Waals surface area contributed by atoms with Crippen molar-refractivity contribution in [3.63, 3.8) is 0 Å². The summed E-state index contributed by atoms with van der Waals surface area (Å²) in [6.07, 6.45) is 0.0640. The first-order chi connectivity index (χ1) is 17.2. The Morgan fingerprint density at radius 2 is 2.00 bits per heavy atom. The molecule has 0 radical (unpaired) electrons. The molecule has 2 aliphatic heterocycles. The summed E-state index contributed by atoms with van der Waals surface area (Å²) in [5, 5.41) is 25.9. The number of benzene rings is 1. The fourth-order valence-corrected chi connectivity index (χ4v) is 7.45. The minimum absolute atomic E-state index is 0.0637. The van der Waals surface area contributed by atoms with Crippen molar-refractivity contribution >= 4 is 57.0 Å². The van der Waals surface area contributed by atoms with Crippen molar-refractivity contribution in [1.82, 2.24) is 14.5 Å². The van der Waals surface area contributed by atoms with Gasteiger partial charge in [-0.05, 0) is 31.4 Å². The molecule has 0 saturated carbocycles. The van der Waals surface area contributed by atoms with Gasteiger partial charge < -0.3 is 15.1 Å². The molecule has 2 aliphatic rings. The molecule has 3 rings (SSSR count). The van der Waals surface area contributed by atoms with Gasteiger partial charge in [-0.1, -0.05) is 42.3 Å². The molecule has 1 amide bonds. The molecule has 0 unspecified atom stereocenters. The summed E-state index contributed by atoms with van der Waals surface area (Å²) in [7, 11) is -3.91. The maximum absolute atomic E-state index is 12.5. The molecule has 1 fully saturated rings. The van der Waals surface area contributed by atoms with E-state index in [2.05, 4.69) is 9.62 Å². The minimum atomic E-state index is -3.91. The number of nitrogens with zero attached hydrogens (tertiary/aromatic N) is 2. The molecular weight excluding hydrogens is 563 g/mol. The molecule has 206 valence electrons. The fourth-order valence-electron chi connectivity index (χ4n) is 5.03. The van der Waals surface area contributed by atoms with E-state index in [1.165, 1.54) is 23.6 Å². The Kier molecular flexibility index (Phi) is 9.95. The summed E-state index contributed by atoms with van der Waals surface area (Å²) in [5.41, 5.74) is 0.714. The number of rotatable bonds is 10. The number of aliphatic hydroxyl groups excluding tert-OH is 1. The molecule has 1 aromatic rings. The zero-order chi connectivity index (χ0) is 27.7. The number of amides is 1. The lowest BCUT2D eigenvalue weighted by Gasteiger charge is -2.28. The number of aliphatic carboxylic acids is 1. The number of halogens is 2. The van der Waals surface area contributed by atoms with Crippen LogP contribution < -0.4 is 9.86 Å². The van der Waals surface area contributed by atoms with Gasteiger partial charge in [0.25, 0.3) is 10.2 Å². The first kappa shape index (κ1) is 30.2. The van der Waals surface area contributed by atoms with E-state index < -0.39 is 34.2 Å². The van der Waals surface area contributed by atoms with Crippen molar-refractivity contribution in [2.75, 3.05) is 13.1 Å². The molecule has 2 heterocycles. The highest BCUT2D eigenvalue weighted by Gasteiger charge is 2.45. The maximum atomic E-state index is 12.5. The highest BCUT2D eigenvalue weighted by molar-refractivity contribution is 8.03. The minimum Gasteiger partial charge on any atom is -0.477 e. The molecule has 0 aliphatic carbocycles. The second-order valence-electron chi connectivity index (χ2n) is 9.51. The van der Waals surface area contributed by atoms with Crippen molar-refractivity contribution in [2.45, 2.75) is 63.6 Å². The van der Waals surface area contributed by atoms with Gasteiger partial charge in [0.2, 0.25) is 5.91 Å². The van der Waals surface area contributed by atoms with Gasteiger partial charge in [-0.3, -0.25) is 9.69 Å². The van der Waals surface area contributed by atoms with E-state index in [4.69, 9.17) is 28.3 Å². The Hall–Kier alpha value is -1.38. The third-order valence-electron chi connectivity index (χ3n) is 6.63. The van der Waals surface area contributed by atoms with E-state index in [0.717, 1.165) is 5.56 Å². The highest BCUT2D eigenvalue weighted by Crippen LogP contribution is 2.46. The number of likely N-dealkylation sites (tertiary alicyclic amines) is 1. The summed E-state index contributed by atoms with van der Waals surface area (Å²) in [4.78, 5) is 28.6. The Bertz CT molecular complexity index is 1180. The van der Waals surface area contributed by atoms with Gasteiger partial charge in [-0.25, -0.2) is 14.7 Å². The highest BCUT2D eigenvalue weighted by atomic mass is 35.5. The number of carboxylic acid groups (broad SMARTS) is 1. The van der Waals surface area contributed by atoms with Crippen LogP contribution in [0.5, 0.6) is 0 Å². The van der Waals surface area contributed by atoms with Gasteiger partial charge in [-0.2, -0.15) is 8.42 Å². The number of nitrogens with two attached hydrogens (primary N) is 1. The lowest BCUT2D eigenvalue weighted by atomic mass is 9.98. The van der Waals surface area contributed by atoms with Crippen LogP contribution in [0.15, 0.2) is 28.8 Å². The topological polar surface area (TPSA) is 153 Å². The SMILES string of the molecule is CC(=O)N1C(C(=O)O)=C(S[C@H]2C[C@@H](CNS(N)(=O)=O)N(Cc3cccc(Cl)c3Cl)C2)[C@H](C)[C@@H]1C[C@@H](C)O. The van der Waals surface area contributed by atoms with Crippen LogP contribution in [0.4, 0.5) is 0 Å². The summed E-state index contributed by atoms with van der Waals surface area (Å²) in [6.45, 7) is 5.76.